The highest BCUT2D eigenvalue weighted by Crippen LogP contribution is 2.45. The number of carbonyl (C=O) groups is 1. The molecule has 2 aliphatic rings. The molecule has 0 saturated heterocycles. The van der Waals surface area contributed by atoms with Crippen LogP contribution in [0.1, 0.15) is 32.1 Å². The van der Waals surface area contributed by atoms with Crippen molar-refractivity contribution in [1.82, 2.24) is 0 Å². The van der Waals surface area contributed by atoms with Crippen LogP contribution in [-0.4, -0.2) is 24.3 Å². The Bertz CT molecular complexity index is 227. The van der Waals surface area contributed by atoms with Gasteiger partial charge in [0.25, 0.3) is 0 Å². The second kappa shape index (κ2) is 3.89. The summed E-state index contributed by atoms with van der Waals surface area (Å²) in [6.45, 7) is 0. The monoisotopic (exact) mass is 198 g/mol. The molecular formula is C11H18O3. The van der Waals surface area contributed by atoms with Gasteiger partial charge in [0, 0.05) is 0 Å². The first-order valence-electron chi connectivity index (χ1n) is 5.46. The van der Waals surface area contributed by atoms with Gasteiger partial charge >= 0.3 is 5.97 Å². The van der Waals surface area contributed by atoms with Crippen molar-refractivity contribution < 1.29 is 14.6 Å². The molecule has 2 rings (SSSR count). The molecule has 0 bridgehead atoms. The predicted octanol–water partition coefficient (Wildman–Crippen LogP) is 1.35. The van der Waals surface area contributed by atoms with Crippen molar-refractivity contribution in [1.29, 1.82) is 0 Å². The van der Waals surface area contributed by atoms with Gasteiger partial charge in [0.2, 0.25) is 0 Å². The smallest absolute Gasteiger partial charge is 0.308 e. The molecule has 3 nitrogen and oxygen atoms in total. The van der Waals surface area contributed by atoms with E-state index in [0.29, 0.717) is 11.8 Å². The van der Waals surface area contributed by atoms with Crippen LogP contribution < -0.4 is 0 Å². The number of hydrogen-bond acceptors (Lipinski definition) is 3. The van der Waals surface area contributed by atoms with Crippen molar-refractivity contribution in [3.05, 3.63) is 0 Å². The minimum atomic E-state index is -0.132. The molecule has 0 aromatic rings. The van der Waals surface area contributed by atoms with Crippen LogP contribution in [0.25, 0.3) is 0 Å². The zero-order valence-electron chi connectivity index (χ0n) is 8.61. The maximum Gasteiger partial charge on any atom is 0.308 e. The lowest BCUT2D eigenvalue weighted by Crippen LogP contribution is -2.23. The summed E-state index contributed by atoms with van der Waals surface area (Å²) in [4.78, 5) is 11.4. The van der Waals surface area contributed by atoms with Crippen molar-refractivity contribution in [2.45, 2.75) is 38.2 Å². The number of hydrogen-bond donors (Lipinski definition) is 1. The van der Waals surface area contributed by atoms with Crippen LogP contribution in [0.3, 0.4) is 0 Å². The van der Waals surface area contributed by atoms with E-state index in [2.05, 4.69) is 0 Å². The second-order valence-electron chi connectivity index (χ2n) is 4.68. The van der Waals surface area contributed by atoms with Crippen LogP contribution in [0, 0.1) is 17.8 Å². The molecule has 14 heavy (non-hydrogen) atoms. The number of rotatable bonds is 1. The maximum atomic E-state index is 11.4. The van der Waals surface area contributed by atoms with Gasteiger partial charge in [-0.15, -0.1) is 0 Å². The molecule has 80 valence electrons. The van der Waals surface area contributed by atoms with Gasteiger partial charge in [0.1, 0.15) is 0 Å². The van der Waals surface area contributed by atoms with Crippen molar-refractivity contribution in [2.24, 2.45) is 17.8 Å². The van der Waals surface area contributed by atoms with Gasteiger partial charge in [0.15, 0.2) is 0 Å². The molecule has 0 aromatic carbocycles. The van der Waals surface area contributed by atoms with E-state index in [1.54, 1.807) is 0 Å². The van der Waals surface area contributed by atoms with E-state index >= 15 is 0 Å². The molecular weight excluding hydrogens is 180 g/mol. The Kier molecular flexibility index (Phi) is 2.77. The molecule has 2 fully saturated rings. The number of aliphatic hydroxyl groups excluding tert-OH is 1. The summed E-state index contributed by atoms with van der Waals surface area (Å²) >= 11 is 0. The summed E-state index contributed by atoms with van der Waals surface area (Å²) in [6, 6.07) is 0. The second-order valence-corrected chi connectivity index (χ2v) is 4.68. The third-order valence-electron chi connectivity index (χ3n) is 3.82. The highest BCUT2D eigenvalue weighted by Gasteiger charge is 2.41. The number of esters is 1. The van der Waals surface area contributed by atoms with Crippen molar-refractivity contribution >= 4 is 5.97 Å². The minimum absolute atomic E-state index is 0.0612. The summed E-state index contributed by atoms with van der Waals surface area (Å²) in [5.74, 6) is 1.25. The Morgan fingerprint density at radius 3 is 2.64 bits per heavy atom. The van der Waals surface area contributed by atoms with Crippen LogP contribution in [0.4, 0.5) is 0 Å². The molecule has 0 amide bonds. The number of ether oxygens (including phenoxy) is 1. The highest BCUT2D eigenvalue weighted by molar-refractivity contribution is 5.72. The molecule has 3 heteroatoms. The quantitative estimate of drug-likeness (QED) is 0.647. The van der Waals surface area contributed by atoms with Crippen LogP contribution in [-0.2, 0) is 9.53 Å². The van der Waals surface area contributed by atoms with Gasteiger partial charge in [0.05, 0.1) is 19.1 Å². The average molecular weight is 198 g/mol. The van der Waals surface area contributed by atoms with Crippen LogP contribution >= 0.6 is 0 Å². The summed E-state index contributed by atoms with van der Waals surface area (Å²) in [6.07, 6.45) is 4.65. The van der Waals surface area contributed by atoms with Gasteiger partial charge in [-0.05, 0) is 43.9 Å². The fraction of sp³-hybridized carbons (Fsp3) is 0.909. The number of aliphatic hydroxyl groups is 1. The SMILES string of the molecule is COC(=O)[C@@H]1C[C@@H]2CC[C@@H](O)C[C@H]2C1. The third kappa shape index (κ3) is 1.78. The molecule has 2 saturated carbocycles. The lowest BCUT2D eigenvalue weighted by atomic mass is 9.80. The van der Waals surface area contributed by atoms with E-state index in [0.717, 1.165) is 32.1 Å². The fourth-order valence-electron chi connectivity index (χ4n) is 3.09. The largest absolute Gasteiger partial charge is 0.469 e. The minimum Gasteiger partial charge on any atom is -0.469 e. The zero-order chi connectivity index (χ0) is 10.1. The topological polar surface area (TPSA) is 46.5 Å². The van der Waals surface area contributed by atoms with Crippen molar-refractivity contribution in [3.8, 4) is 0 Å². The van der Waals surface area contributed by atoms with E-state index in [9.17, 15) is 9.90 Å². The first kappa shape index (κ1) is 9.97. The summed E-state index contributed by atoms with van der Waals surface area (Å²) in [5.41, 5.74) is 0. The van der Waals surface area contributed by atoms with E-state index in [4.69, 9.17) is 4.74 Å². The van der Waals surface area contributed by atoms with Crippen LogP contribution in [0.15, 0.2) is 0 Å². The molecule has 0 radical (unpaired) electrons. The van der Waals surface area contributed by atoms with Gasteiger partial charge < -0.3 is 9.84 Å². The van der Waals surface area contributed by atoms with Crippen LogP contribution in [0.5, 0.6) is 0 Å². The third-order valence-corrected chi connectivity index (χ3v) is 3.82. The molecule has 0 aliphatic heterocycles. The zero-order valence-corrected chi connectivity index (χ0v) is 8.61. The molecule has 4 atom stereocenters. The van der Waals surface area contributed by atoms with E-state index in [-0.39, 0.29) is 18.0 Å². The number of carbonyl (C=O) groups excluding carboxylic acids is 1. The Morgan fingerprint density at radius 1 is 1.21 bits per heavy atom. The van der Waals surface area contributed by atoms with E-state index in [1.165, 1.54) is 7.11 Å². The van der Waals surface area contributed by atoms with E-state index < -0.39 is 0 Å². The van der Waals surface area contributed by atoms with Crippen LogP contribution in [0.2, 0.25) is 0 Å². The summed E-state index contributed by atoms with van der Waals surface area (Å²) in [7, 11) is 1.46. The van der Waals surface area contributed by atoms with Crippen molar-refractivity contribution in [3.63, 3.8) is 0 Å². The first-order chi connectivity index (χ1) is 6.70. The summed E-state index contributed by atoms with van der Waals surface area (Å²) < 4.78 is 4.77. The van der Waals surface area contributed by atoms with Gasteiger partial charge in [-0.25, -0.2) is 0 Å². The van der Waals surface area contributed by atoms with Gasteiger partial charge in [-0.2, -0.15) is 0 Å². The van der Waals surface area contributed by atoms with Gasteiger partial charge in [-0.3, -0.25) is 4.79 Å². The van der Waals surface area contributed by atoms with Crippen molar-refractivity contribution in [2.75, 3.05) is 7.11 Å². The lowest BCUT2D eigenvalue weighted by Gasteiger charge is -2.28. The Balaban J connectivity index is 1.95. The van der Waals surface area contributed by atoms with Gasteiger partial charge in [-0.1, -0.05) is 0 Å². The molecule has 0 heterocycles. The standard InChI is InChI=1S/C11H18O3/c1-14-11(13)9-4-7-2-3-10(12)6-8(7)5-9/h7-10,12H,2-6H2,1H3/t7-,8+,9+,10+/m0/s1. The normalized spacial score (nSPS) is 41.9. The predicted molar refractivity (Wildman–Crippen MR) is 51.6 cm³/mol. The molecule has 0 unspecified atom stereocenters. The first-order valence-corrected chi connectivity index (χ1v) is 5.46. The Labute approximate surface area is 84.4 Å². The molecule has 0 aromatic heterocycles. The molecule has 2 aliphatic carbocycles. The number of methoxy groups -OCH3 is 1. The lowest BCUT2D eigenvalue weighted by molar-refractivity contribution is -0.145. The maximum absolute atomic E-state index is 11.4. The molecule has 1 N–H and O–H groups in total. The number of fused-ring (bicyclic) bond motifs is 1. The Hall–Kier alpha value is -0.570. The fourth-order valence-corrected chi connectivity index (χ4v) is 3.09. The average Bonchev–Trinajstić information content (AvgIpc) is 2.59. The highest BCUT2D eigenvalue weighted by atomic mass is 16.5. The van der Waals surface area contributed by atoms with E-state index in [1.807, 2.05) is 0 Å². The Morgan fingerprint density at radius 2 is 1.93 bits per heavy atom. The summed E-state index contributed by atoms with van der Waals surface area (Å²) in [5, 5.41) is 9.52. The molecule has 0 spiro atoms.